The van der Waals surface area contributed by atoms with Crippen molar-refractivity contribution in [1.29, 1.82) is 0 Å². The number of aromatic amines is 1. The van der Waals surface area contributed by atoms with Crippen LogP contribution in [0.15, 0.2) is 24.4 Å². The molecule has 5 heteroatoms. The molecule has 0 spiro atoms. The lowest BCUT2D eigenvalue weighted by Crippen LogP contribution is -2.20. The lowest BCUT2D eigenvalue weighted by Gasteiger charge is -2.06. The van der Waals surface area contributed by atoms with E-state index in [0.29, 0.717) is 6.54 Å². The van der Waals surface area contributed by atoms with Gasteiger partial charge in [0.15, 0.2) is 0 Å². The minimum Gasteiger partial charge on any atom is -0.478 e. The Morgan fingerprint density at radius 2 is 2.25 bits per heavy atom. The molecular formula is C11H13N3O2. The molecule has 0 amide bonds. The van der Waals surface area contributed by atoms with Crippen molar-refractivity contribution in [3.05, 3.63) is 35.5 Å². The second-order valence-corrected chi connectivity index (χ2v) is 3.65. The van der Waals surface area contributed by atoms with Crippen molar-refractivity contribution >= 4 is 16.9 Å². The standard InChI is InChI=1S/C11H13N3O2/c12-4-9(13)8-5-14-10-3-6(11(15)16)1-2-7(8)10/h1-3,5,9,14H,4,12-13H2,(H,15,16). The summed E-state index contributed by atoms with van der Waals surface area (Å²) in [6.45, 7) is 0.355. The number of hydrogen-bond donors (Lipinski definition) is 4. The topological polar surface area (TPSA) is 105 Å². The Balaban J connectivity index is 2.54. The molecule has 2 rings (SSSR count). The molecule has 0 aliphatic heterocycles. The highest BCUT2D eigenvalue weighted by Crippen LogP contribution is 2.23. The van der Waals surface area contributed by atoms with Gasteiger partial charge in [-0.05, 0) is 17.7 Å². The highest BCUT2D eigenvalue weighted by Gasteiger charge is 2.11. The van der Waals surface area contributed by atoms with E-state index in [-0.39, 0.29) is 11.6 Å². The Kier molecular flexibility index (Phi) is 2.64. The minimum absolute atomic E-state index is 0.232. The Hall–Kier alpha value is -1.85. The van der Waals surface area contributed by atoms with E-state index in [1.54, 1.807) is 24.4 Å². The number of aromatic carboxylic acids is 1. The van der Waals surface area contributed by atoms with Crippen LogP contribution in [-0.4, -0.2) is 22.6 Å². The average molecular weight is 219 g/mol. The van der Waals surface area contributed by atoms with Crippen molar-refractivity contribution in [2.24, 2.45) is 11.5 Å². The van der Waals surface area contributed by atoms with Crippen LogP contribution in [0, 0.1) is 0 Å². The Bertz CT molecular complexity index is 533. The second-order valence-electron chi connectivity index (χ2n) is 3.65. The van der Waals surface area contributed by atoms with E-state index in [0.717, 1.165) is 16.5 Å². The molecule has 0 bridgehead atoms. The molecule has 16 heavy (non-hydrogen) atoms. The monoisotopic (exact) mass is 219 g/mol. The largest absolute Gasteiger partial charge is 0.478 e. The first-order chi connectivity index (χ1) is 7.63. The Morgan fingerprint density at radius 1 is 1.50 bits per heavy atom. The molecule has 1 heterocycles. The third-order valence-corrected chi connectivity index (χ3v) is 2.61. The molecule has 5 nitrogen and oxygen atoms in total. The Labute approximate surface area is 92.1 Å². The third-order valence-electron chi connectivity index (χ3n) is 2.61. The molecule has 0 saturated carbocycles. The van der Waals surface area contributed by atoms with Crippen molar-refractivity contribution in [3.63, 3.8) is 0 Å². The van der Waals surface area contributed by atoms with Crippen LogP contribution in [-0.2, 0) is 0 Å². The molecule has 0 aliphatic rings. The SMILES string of the molecule is NCC(N)c1c[nH]c2cc(C(=O)O)ccc12. The molecule has 1 unspecified atom stereocenters. The number of H-pyrrole nitrogens is 1. The number of carboxylic acid groups (broad SMARTS) is 1. The normalized spacial score (nSPS) is 12.9. The molecule has 0 radical (unpaired) electrons. The second kappa shape index (κ2) is 3.96. The number of carbonyl (C=O) groups is 1. The number of benzene rings is 1. The fourth-order valence-electron chi connectivity index (χ4n) is 1.72. The van der Waals surface area contributed by atoms with Gasteiger partial charge in [-0.2, -0.15) is 0 Å². The van der Waals surface area contributed by atoms with E-state index >= 15 is 0 Å². The summed E-state index contributed by atoms with van der Waals surface area (Å²) >= 11 is 0. The minimum atomic E-state index is -0.943. The Morgan fingerprint density at radius 3 is 2.88 bits per heavy atom. The zero-order chi connectivity index (χ0) is 11.7. The number of aromatic nitrogens is 1. The molecule has 6 N–H and O–H groups in total. The third kappa shape index (κ3) is 1.66. The summed E-state index contributed by atoms with van der Waals surface area (Å²) in [4.78, 5) is 13.8. The molecular weight excluding hydrogens is 206 g/mol. The first-order valence-corrected chi connectivity index (χ1v) is 4.93. The molecule has 84 valence electrons. The van der Waals surface area contributed by atoms with E-state index in [4.69, 9.17) is 16.6 Å². The van der Waals surface area contributed by atoms with Gasteiger partial charge in [-0.3, -0.25) is 0 Å². The summed E-state index contributed by atoms with van der Waals surface area (Å²) in [7, 11) is 0. The zero-order valence-electron chi connectivity index (χ0n) is 8.60. The molecule has 1 aromatic carbocycles. The smallest absolute Gasteiger partial charge is 0.335 e. The van der Waals surface area contributed by atoms with E-state index in [2.05, 4.69) is 4.98 Å². The molecule has 1 atom stereocenters. The zero-order valence-corrected chi connectivity index (χ0v) is 8.60. The summed E-state index contributed by atoms with van der Waals surface area (Å²) in [6.07, 6.45) is 1.77. The number of rotatable bonds is 3. The van der Waals surface area contributed by atoms with Crippen LogP contribution >= 0.6 is 0 Å². The summed E-state index contributed by atoms with van der Waals surface area (Å²) < 4.78 is 0. The maximum absolute atomic E-state index is 10.8. The number of nitrogens with two attached hydrogens (primary N) is 2. The molecule has 0 fully saturated rings. The van der Waals surface area contributed by atoms with Gasteiger partial charge in [-0.1, -0.05) is 6.07 Å². The average Bonchev–Trinajstić information content (AvgIpc) is 2.70. The number of carboxylic acids is 1. The van der Waals surface area contributed by atoms with Gasteiger partial charge >= 0.3 is 5.97 Å². The van der Waals surface area contributed by atoms with E-state index < -0.39 is 5.97 Å². The summed E-state index contributed by atoms with van der Waals surface area (Å²) in [5, 5.41) is 9.77. The summed E-state index contributed by atoms with van der Waals surface area (Å²) in [5.74, 6) is -0.943. The first kappa shape index (κ1) is 10.7. The highest BCUT2D eigenvalue weighted by molar-refractivity contribution is 5.94. The van der Waals surface area contributed by atoms with Crippen LogP contribution in [0.1, 0.15) is 22.0 Å². The van der Waals surface area contributed by atoms with Gasteiger partial charge in [0.05, 0.1) is 5.56 Å². The van der Waals surface area contributed by atoms with Crippen molar-refractivity contribution in [1.82, 2.24) is 4.98 Å². The van der Waals surface area contributed by atoms with Gasteiger partial charge in [0.25, 0.3) is 0 Å². The highest BCUT2D eigenvalue weighted by atomic mass is 16.4. The molecule has 0 saturated heterocycles. The van der Waals surface area contributed by atoms with Gasteiger partial charge in [-0.25, -0.2) is 4.79 Å². The lowest BCUT2D eigenvalue weighted by molar-refractivity contribution is 0.0697. The molecule has 0 aliphatic carbocycles. The van der Waals surface area contributed by atoms with Gasteiger partial charge in [0.1, 0.15) is 0 Å². The maximum Gasteiger partial charge on any atom is 0.335 e. The van der Waals surface area contributed by atoms with Gasteiger partial charge in [-0.15, -0.1) is 0 Å². The summed E-state index contributed by atoms with van der Waals surface area (Å²) in [6, 6.07) is 4.67. The number of nitrogens with one attached hydrogen (secondary N) is 1. The van der Waals surface area contributed by atoms with Crippen molar-refractivity contribution in [3.8, 4) is 0 Å². The lowest BCUT2D eigenvalue weighted by atomic mass is 10.1. The number of hydrogen-bond acceptors (Lipinski definition) is 3. The fraction of sp³-hybridized carbons (Fsp3) is 0.182. The summed E-state index contributed by atoms with van der Waals surface area (Å²) in [5.41, 5.74) is 13.3. The van der Waals surface area contributed by atoms with Crippen molar-refractivity contribution < 1.29 is 9.90 Å². The van der Waals surface area contributed by atoms with Crippen LogP contribution in [0.4, 0.5) is 0 Å². The van der Waals surface area contributed by atoms with E-state index in [1.165, 1.54) is 0 Å². The molecule has 1 aromatic heterocycles. The van der Waals surface area contributed by atoms with Crippen LogP contribution in [0.25, 0.3) is 10.9 Å². The first-order valence-electron chi connectivity index (χ1n) is 4.93. The predicted molar refractivity (Wildman–Crippen MR) is 61.2 cm³/mol. The van der Waals surface area contributed by atoms with Crippen molar-refractivity contribution in [2.45, 2.75) is 6.04 Å². The predicted octanol–water partition coefficient (Wildman–Crippen LogP) is 0.825. The quantitative estimate of drug-likeness (QED) is 0.613. The van der Waals surface area contributed by atoms with Gasteiger partial charge < -0.3 is 21.6 Å². The van der Waals surface area contributed by atoms with Crippen LogP contribution in [0.3, 0.4) is 0 Å². The van der Waals surface area contributed by atoms with Gasteiger partial charge in [0.2, 0.25) is 0 Å². The van der Waals surface area contributed by atoms with Crippen LogP contribution < -0.4 is 11.5 Å². The van der Waals surface area contributed by atoms with Gasteiger partial charge in [0, 0.05) is 29.7 Å². The fourth-order valence-corrected chi connectivity index (χ4v) is 1.72. The van der Waals surface area contributed by atoms with Crippen LogP contribution in [0.2, 0.25) is 0 Å². The van der Waals surface area contributed by atoms with E-state index in [9.17, 15) is 4.79 Å². The van der Waals surface area contributed by atoms with E-state index in [1.807, 2.05) is 0 Å². The maximum atomic E-state index is 10.8. The van der Waals surface area contributed by atoms with Crippen LogP contribution in [0.5, 0.6) is 0 Å². The number of fused-ring (bicyclic) bond motifs is 1. The molecule has 2 aromatic rings. The van der Waals surface area contributed by atoms with Crippen molar-refractivity contribution in [2.75, 3.05) is 6.54 Å².